The Morgan fingerprint density at radius 2 is 1.45 bits per heavy atom. The first-order chi connectivity index (χ1) is 13.8. The highest BCUT2D eigenvalue weighted by atomic mass is 16.7. The fourth-order valence-electron chi connectivity index (χ4n) is 3.13. The summed E-state index contributed by atoms with van der Waals surface area (Å²) >= 11 is 0. The predicted molar refractivity (Wildman–Crippen MR) is 92.8 cm³/mol. The zero-order valence-electron chi connectivity index (χ0n) is 15.3. The van der Waals surface area contributed by atoms with Crippen LogP contribution in [0.2, 0.25) is 0 Å². The molecule has 2 aliphatic heterocycles. The van der Waals surface area contributed by atoms with Crippen molar-refractivity contribution in [3.63, 3.8) is 0 Å². The number of cyclic esters (lactones) is 2. The van der Waals surface area contributed by atoms with Crippen molar-refractivity contribution in [1.82, 2.24) is 0 Å². The van der Waals surface area contributed by atoms with E-state index in [2.05, 4.69) is 0 Å². The minimum atomic E-state index is -1.26. The van der Waals surface area contributed by atoms with Crippen LogP contribution in [-0.4, -0.2) is 23.9 Å². The third-order valence-corrected chi connectivity index (χ3v) is 4.23. The lowest BCUT2D eigenvalue weighted by molar-refractivity contribution is -0.166. The van der Waals surface area contributed by atoms with Crippen molar-refractivity contribution in [1.29, 1.82) is 0 Å². The lowest BCUT2D eigenvalue weighted by Gasteiger charge is -2.15. The maximum absolute atomic E-state index is 12.3. The number of fused-ring (bicyclic) bond motifs is 2. The molecule has 2 aromatic carbocycles. The second-order valence-corrected chi connectivity index (χ2v) is 6.23. The molecule has 148 valence electrons. The molecule has 0 spiro atoms. The number of esters is 4. The normalized spacial score (nSPS) is 19.0. The van der Waals surface area contributed by atoms with Gasteiger partial charge >= 0.3 is 23.9 Å². The maximum Gasteiger partial charge on any atom is 0.345 e. The van der Waals surface area contributed by atoms with Crippen molar-refractivity contribution < 1.29 is 42.9 Å². The van der Waals surface area contributed by atoms with Crippen LogP contribution in [0.1, 0.15) is 58.3 Å². The summed E-state index contributed by atoms with van der Waals surface area (Å²) < 4.78 is 26.1. The lowest BCUT2D eigenvalue weighted by Crippen LogP contribution is -2.09. The highest BCUT2D eigenvalue weighted by molar-refractivity contribution is 5.97. The fraction of sp³-hybridized carbons (Fsp3) is 0.200. The molecule has 2 unspecified atom stereocenters. The van der Waals surface area contributed by atoms with Crippen LogP contribution in [0, 0.1) is 0 Å². The van der Waals surface area contributed by atoms with Crippen molar-refractivity contribution >= 4 is 23.9 Å². The number of carbonyl (C=O) groups is 4. The minimum Gasteiger partial charge on any atom is -0.456 e. The van der Waals surface area contributed by atoms with Gasteiger partial charge in [-0.2, -0.15) is 0 Å². The monoisotopic (exact) mass is 398 g/mol. The van der Waals surface area contributed by atoms with E-state index in [0.717, 1.165) is 0 Å². The number of hydrogen-bond donors (Lipinski definition) is 0. The summed E-state index contributed by atoms with van der Waals surface area (Å²) in [4.78, 5) is 47.0. The Hall–Kier alpha value is -3.88. The molecule has 0 saturated carbocycles. The van der Waals surface area contributed by atoms with Gasteiger partial charge < -0.3 is 23.7 Å². The number of carbonyl (C=O) groups excluding carboxylic acids is 4. The maximum atomic E-state index is 12.3. The molecule has 2 heterocycles. The molecule has 9 heteroatoms. The Labute approximate surface area is 164 Å². The average molecular weight is 398 g/mol. The minimum absolute atomic E-state index is 0.0885. The van der Waals surface area contributed by atoms with E-state index >= 15 is 0 Å². The molecule has 0 aromatic heterocycles. The van der Waals surface area contributed by atoms with Gasteiger partial charge in [-0.25, -0.2) is 9.59 Å². The fourth-order valence-corrected chi connectivity index (χ4v) is 3.13. The smallest absolute Gasteiger partial charge is 0.345 e. The number of rotatable bonds is 4. The number of ether oxygens (including phenoxy) is 5. The number of benzene rings is 2. The zero-order valence-corrected chi connectivity index (χ0v) is 15.3. The Balaban J connectivity index is 1.73. The van der Waals surface area contributed by atoms with E-state index in [0.29, 0.717) is 5.56 Å². The highest BCUT2D eigenvalue weighted by Crippen LogP contribution is 2.43. The average Bonchev–Trinajstić information content (AvgIpc) is 3.13. The third kappa shape index (κ3) is 3.27. The van der Waals surface area contributed by atoms with Crippen LogP contribution in [0.25, 0.3) is 0 Å². The van der Waals surface area contributed by atoms with Gasteiger partial charge in [0.15, 0.2) is 0 Å². The van der Waals surface area contributed by atoms with Crippen molar-refractivity contribution in [2.75, 3.05) is 0 Å². The van der Waals surface area contributed by atoms with Crippen molar-refractivity contribution in [2.24, 2.45) is 0 Å². The van der Waals surface area contributed by atoms with E-state index in [-0.39, 0.29) is 28.2 Å². The van der Waals surface area contributed by atoms with Crippen LogP contribution in [-0.2, 0) is 28.5 Å². The molecule has 0 fully saturated rings. The summed E-state index contributed by atoms with van der Waals surface area (Å²) in [6.45, 7) is 2.39. The number of hydrogen-bond acceptors (Lipinski definition) is 9. The van der Waals surface area contributed by atoms with Crippen LogP contribution in [0.3, 0.4) is 0 Å². The third-order valence-electron chi connectivity index (χ3n) is 4.23. The Morgan fingerprint density at radius 1 is 0.828 bits per heavy atom. The van der Waals surface area contributed by atoms with Gasteiger partial charge in [-0.3, -0.25) is 9.59 Å². The van der Waals surface area contributed by atoms with Gasteiger partial charge in [-0.1, -0.05) is 18.2 Å². The van der Waals surface area contributed by atoms with Gasteiger partial charge in [0.25, 0.3) is 12.6 Å². The first-order valence-electron chi connectivity index (χ1n) is 8.55. The Bertz CT molecular complexity index is 1050. The highest BCUT2D eigenvalue weighted by Gasteiger charge is 2.39. The summed E-state index contributed by atoms with van der Waals surface area (Å²) in [5, 5.41) is 0. The largest absolute Gasteiger partial charge is 0.456 e. The zero-order chi connectivity index (χ0) is 20.7. The van der Waals surface area contributed by atoms with Crippen LogP contribution in [0.15, 0.2) is 36.4 Å². The van der Waals surface area contributed by atoms with E-state index in [4.69, 9.17) is 23.7 Å². The first-order valence-corrected chi connectivity index (χ1v) is 8.55. The molecule has 2 aromatic rings. The molecule has 0 saturated heterocycles. The van der Waals surface area contributed by atoms with Gasteiger partial charge in [0.05, 0.1) is 16.7 Å². The topological polar surface area (TPSA) is 114 Å². The van der Waals surface area contributed by atoms with Crippen molar-refractivity contribution in [3.05, 3.63) is 58.7 Å². The van der Waals surface area contributed by atoms with Gasteiger partial charge in [0, 0.05) is 13.8 Å². The van der Waals surface area contributed by atoms with Gasteiger partial charge in [0.2, 0.25) is 0 Å². The van der Waals surface area contributed by atoms with Gasteiger partial charge in [-0.15, -0.1) is 0 Å². The molecule has 4 rings (SSSR count). The van der Waals surface area contributed by atoms with Gasteiger partial charge in [0.1, 0.15) is 17.1 Å². The lowest BCUT2D eigenvalue weighted by atomic mass is 10.1. The van der Waals surface area contributed by atoms with Crippen molar-refractivity contribution in [2.45, 2.75) is 26.4 Å². The van der Waals surface area contributed by atoms with E-state index in [1.165, 1.54) is 26.0 Å². The second kappa shape index (κ2) is 6.93. The quantitative estimate of drug-likeness (QED) is 0.717. The van der Waals surface area contributed by atoms with E-state index < -0.39 is 36.5 Å². The molecule has 0 aliphatic carbocycles. The molecule has 2 aliphatic rings. The first kappa shape index (κ1) is 18.5. The summed E-state index contributed by atoms with van der Waals surface area (Å²) in [5.74, 6) is -2.35. The molecule has 0 N–H and O–H groups in total. The summed E-state index contributed by atoms with van der Waals surface area (Å²) in [7, 11) is 0. The summed E-state index contributed by atoms with van der Waals surface area (Å²) in [5.41, 5.74) is 0.833. The van der Waals surface area contributed by atoms with E-state index in [1.807, 2.05) is 0 Å². The molecule has 9 nitrogen and oxygen atoms in total. The summed E-state index contributed by atoms with van der Waals surface area (Å²) in [6, 6.07) is 9.31. The standard InChI is InChI=1S/C20H14O9/c1-9(21)25-19-12-6-4-7-13(15(12)18(24)29-19)27-14-8-3-5-11-16(14)20(26-10(2)22)28-17(11)23/h3-8,19-20H,1-2H3. The van der Waals surface area contributed by atoms with Crippen LogP contribution in [0.4, 0.5) is 0 Å². The van der Waals surface area contributed by atoms with E-state index in [1.54, 1.807) is 24.3 Å². The SMILES string of the molecule is CC(=O)OC1OC(=O)c2c(Oc3cccc4c3C(OC(C)=O)OC4=O)cccc21. The van der Waals surface area contributed by atoms with Crippen LogP contribution < -0.4 is 4.74 Å². The van der Waals surface area contributed by atoms with E-state index in [9.17, 15) is 19.2 Å². The molecule has 0 radical (unpaired) electrons. The Kier molecular flexibility index (Phi) is 4.42. The molecular weight excluding hydrogens is 384 g/mol. The van der Waals surface area contributed by atoms with Crippen LogP contribution in [0.5, 0.6) is 11.5 Å². The summed E-state index contributed by atoms with van der Waals surface area (Å²) in [6.07, 6.45) is -2.43. The van der Waals surface area contributed by atoms with Gasteiger partial charge in [-0.05, 0) is 18.2 Å². The second-order valence-electron chi connectivity index (χ2n) is 6.23. The molecular formula is C20H14O9. The molecule has 0 bridgehead atoms. The van der Waals surface area contributed by atoms with Crippen LogP contribution >= 0.6 is 0 Å². The predicted octanol–water partition coefficient (Wildman–Crippen LogP) is 2.94. The molecule has 29 heavy (non-hydrogen) atoms. The molecule has 0 amide bonds. The Morgan fingerprint density at radius 3 is 2.17 bits per heavy atom. The van der Waals surface area contributed by atoms with Crippen molar-refractivity contribution in [3.8, 4) is 11.5 Å². The molecule has 2 atom stereocenters.